The number of ketones is 1. The van der Waals surface area contributed by atoms with E-state index in [4.69, 9.17) is 0 Å². The number of Topliss-reactive ketones (excluding diaryl/α,β-unsaturated/α-hetero) is 1. The summed E-state index contributed by atoms with van der Waals surface area (Å²) in [5, 5.41) is 0. The van der Waals surface area contributed by atoms with Crippen LogP contribution in [0.5, 0.6) is 0 Å². The highest BCUT2D eigenvalue weighted by Crippen LogP contribution is 2.23. The van der Waals surface area contributed by atoms with Gasteiger partial charge in [-0.15, -0.1) is 0 Å². The minimum atomic E-state index is 0.113. The van der Waals surface area contributed by atoms with Crippen molar-refractivity contribution in [3.8, 4) is 0 Å². The third kappa shape index (κ3) is 2.41. The molecule has 1 aromatic rings. The van der Waals surface area contributed by atoms with Crippen molar-refractivity contribution < 1.29 is 4.79 Å². The van der Waals surface area contributed by atoms with Crippen molar-refractivity contribution in [3.05, 3.63) is 35.9 Å². The zero-order valence-corrected chi connectivity index (χ0v) is 8.45. The molecule has 0 amide bonds. The number of hydrogen-bond acceptors (Lipinski definition) is 1. The third-order valence-electron chi connectivity index (χ3n) is 2.72. The summed E-state index contributed by atoms with van der Waals surface area (Å²) in [6.45, 7) is 5.74. The van der Waals surface area contributed by atoms with Crippen molar-refractivity contribution in [2.75, 3.05) is 0 Å². The Labute approximate surface area is 79.8 Å². The van der Waals surface area contributed by atoms with Gasteiger partial charge in [0.2, 0.25) is 0 Å². The van der Waals surface area contributed by atoms with Crippen molar-refractivity contribution in [2.45, 2.75) is 26.7 Å². The molecule has 0 aliphatic carbocycles. The molecule has 0 bridgehead atoms. The molecule has 70 valence electrons. The highest BCUT2D eigenvalue weighted by molar-refractivity contribution is 5.78. The molecule has 0 unspecified atom stereocenters. The van der Waals surface area contributed by atoms with Crippen LogP contribution in [0.25, 0.3) is 0 Å². The maximum Gasteiger partial charge on any atom is 0.133 e. The lowest BCUT2D eigenvalue weighted by atomic mass is 9.87. The first-order chi connectivity index (χ1) is 6.13. The summed E-state index contributed by atoms with van der Waals surface area (Å²) in [7, 11) is 0. The standard InChI is InChI=1S/C12H16O/c1-9(11(3)13)10(2)12-7-5-4-6-8-12/h4-10H,1-3H3/t9-,10+/m0/s1. The first kappa shape index (κ1) is 9.97. The second-order valence-corrected chi connectivity index (χ2v) is 3.60. The summed E-state index contributed by atoms with van der Waals surface area (Å²) >= 11 is 0. The zero-order valence-electron chi connectivity index (χ0n) is 8.45. The van der Waals surface area contributed by atoms with Crippen LogP contribution in [-0.4, -0.2) is 5.78 Å². The number of rotatable bonds is 3. The molecule has 1 rings (SSSR count). The van der Waals surface area contributed by atoms with Crippen LogP contribution in [0.3, 0.4) is 0 Å². The van der Waals surface area contributed by atoms with Crippen molar-refractivity contribution in [1.82, 2.24) is 0 Å². The molecule has 0 N–H and O–H groups in total. The molecule has 0 saturated carbocycles. The van der Waals surface area contributed by atoms with Crippen LogP contribution >= 0.6 is 0 Å². The fourth-order valence-electron chi connectivity index (χ4n) is 1.40. The van der Waals surface area contributed by atoms with Gasteiger partial charge in [0, 0.05) is 5.92 Å². The van der Waals surface area contributed by atoms with Crippen LogP contribution in [0.15, 0.2) is 30.3 Å². The second kappa shape index (κ2) is 4.22. The number of carbonyl (C=O) groups is 1. The average Bonchev–Trinajstić information content (AvgIpc) is 2.17. The van der Waals surface area contributed by atoms with Crippen LogP contribution in [-0.2, 0) is 4.79 Å². The zero-order chi connectivity index (χ0) is 9.84. The van der Waals surface area contributed by atoms with Crippen LogP contribution in [0.1, 0.15) is 32.3 Å². The molecule has 0 aromatic heterocycles. The minimum absolute atomic E-state index is 0.113. The van der Waals surface area contributed by atoms with Gasteiger partial charge in [0.25, 0.3) is 0 Å². The molecule has 0 aliphatic rings. The Kier molecular flexibility index (Phi) is 3.24. The fraction of sp³-hybridized carbons (Fsp3) is 0.417. The van der Waals surface area contributed by atoms with Crippen LogP contribution in [0.2, 0.25) is 0 Å². The van der Waals surface area contributed by atoms with E-state index >= 15 is 0 Å². The Morgan fingerprint density at radius 2 is 1.69 bits per heavy atom. The van der Waals surface area contributed by atoms with Gasteiger partial charge in [-0.1, -0.05) is 44.2 Å². The van der Waals surface area contributed by atoms with E-state index in [1.807, 2.05) is 25.1 Å². The molecular weight excluding hydrogens is 160 g/mol. The largest absolute Gasteiger partial charge is 0.300 e. The van der Waals surface area contributed by atoms with E-state index in [2.05, 4.69) is 19.1 Å². The molecule has 1 nitrogen and oxygen atoms in total. The van der Waals surface area contributed by atoms with E-state index in [9.17, 15) is 4.79 Å². The van der Waals surface area contributed by atoms with Gasteiger partial charge >= 0.3 is 0 Å². The molecular formula is C12H16O. The lowest BCUT2D eigenvalue weighted by Gasteiger charge is -2.17. The monoisotopic (exact) mass is 176 g/mol. The van der Waals surface area contributed by atoms with Gasteiger partial charge in [-0.05, 0) is 18.4 Å². The van der Waals surface area contributed by atoms with E-state index in [0.717, 1.165) is 0 Å². The lowest BCUT2D eigenvalue weighted by Crippen LogP contribution is -2.14. The Hall–Kier alpha value is -1.11. The Balaban J connectivity index is 2.79. The summed E-state index contributed by atoms with van der Waals surface area (Å²) in [6.07, 6.45) is 0. The smallest absolute Gasteiger partial charge is 0.133 e. The molecule has 0 heterocycles. The topological polar surface area (TPSA) is 17.1 Å². The van der Waals surface area contributed by atoms with Gasteiger partial charge in [-0.25, -0.2) is 0 Å². The summed E-state index contributed by atoms with van der Waals surface area (Å²) in [6, 6.07) is 10.2. The minimum Gasteiger partial charge on any atom is -0.300 e. The Bertz CT molecular complexity index is 276. The fourth-order valence-corrected chi connectivity index (χ4v) is 1.40. The second-order valence-electron chi connectivity index (χ2n) is 3.60. The molecule has 1 heteroatoms. The molecule has 1 aromatic carbocycles. The van der Waals surface area contributed by atoms with Gasteiger partial charge < -0.3 is 0 Å². The summed E-state index contributed by atoms with van der Waals surface area (Å²) in [5.41, 5.74) is 1.24. The van der Waals surface area contributed by atoms with Gasteiger partial charge in [0.1, 0.15) is 5.78 Å². The molecule has 2 atom stereocenters. The molecule has 0 fully saturated rings. The SMILES string of the molecule is CC(=O)[C@@H](C)[C@@H](C)c1ccccc1. The first-order valence-electron chi connectivity index (χ1n) is 4.68. The Morgan fingerprint density at radius 1 is 1.15 bits per heavy atom. The number of carbonyl (C=O) groups excluding carboxylic acids is 1. The molecule has 0 saturated heterocycles. The maximum absolute atomic E-state index is 11.2. The summed E-state index contributed by atoms with van der Waals surface area (Å²) in [5.74, 6) is 0.692. The first-order valence-corrected chi connectivity index (χ1v) is 4.68. The number of benzene rings is 1. The van der Waals surface area contributed by atoms with Crippen molar-refractivity contribution in [2.24, 2.45) is 5.92 Å². The molecule has 0 aliphatic heterocycles. The van der Waals surface area contributed by atoms with Crippen molar-refractivity contribution in [3.63, 3.8) is 0 Å². The number of hydrogen-bond donors (Lipinski definition) is 0. The molecule has 0 radical (unpaired) electrons. The summed E-state index contributed by atoms with van der Waals surface area (Å²) in [4.78, 5) is 11.2. The van der Waals surface area contributed by atoms with Crippen LogP contribution in [0, 0.1) is 5.92 Å². The summed E-state index contributed by atoms with van der Waals surface area (Å²) < 4.78 is 0. The maximum atomic E-state index is 11.2. The lowest BCUT2D eigenvalue weighted by molar-refractivity contribution is -0.120. The predicted octanol–water partition coefficient (Wildman–Crippen LogP) is 3.02. The quantitative estimate of drug-likeness (QED) is 0.692. The highest BCUT2D eigenvalue weighted by atomic mass is 16.1. The predicted molar refractivity (Wildman–Crippen MR) is 54.7 cm³/mol. The van der Waals surface area contributed by atoms with Crippen molar-refractivity contribution >= 4 is 5.78 Å². The van der Waals surface area contributed by atoms with E-state index < -0.39 is 0 Å². The average molecular weight is 176 g/mol. The van der Waals surface area contributed by atoms with E-state index in [1.54, 1.807) is 6.92 Å². The normalized spacial score (nSPS) is 15.0. The molecule has 13 heavy (non-hydrogen) atoms. The molecule has 0 spiro atoms. The van der Waals surface area contributed by atoms with Crippen LogP contribution in [0.4, 0.5) is 0 Å². The highest BCUT2D eigenvalue weighted by Gasteiger charge is 2.17. The third-order valence-corrected chi connectivity index (χ3v) is 2.72. The van der Waals surface area contributed by atoms with E-state index in [-0.39, 0.29) is 11.7 Å². The van der Waals surface area contributed by atoms with Crippen molar-refractivity contribution in [1.29, 1.82) is 0 Å². The van der Waals surface area contributed by atoms with E-state index in [1.165, 1.54) is 5.56 Å². The van der Waals surface area contributed by atoms with Gasteiger partial charge in [0.05, 0.1) is 0 Å². The van der Waals surface area contributed by atoms with Gasteiger partial charge in [0.15, 0.2) is 0 Å². The Morgan fingerprint density at radius 3 is 2.15 bits per heavy atom. The van der Waals surface area contributed by atoms with Gasteiger partial charge in [-0.2, -0.15) is 0 Å². The van der Waals surface area contributed by atoms with E-state index in [0.29, 0.717) is 5.92 Å². The van der Waals surface area contributed by atoms with Gasteiger partial charge in [-0.3, -0.25) is 4.79 Å². The van der Waals surface area contributed by atoms with Crippen LogP contribution < -0.4 is 0 Å².